The highest BCUT2D eigenvalue weighted by Crippen LogP contribution is 2.43. The zero-order valence-electron chi connectivity index (χ0n) is 15.5. The third-order valence-electron chi connectivity index (χ3n) is 4.98. The van der Waals surface area contributed by atoms with Crippen LogP contribution in [0.15, 0.2) is 33.8 Å². The van der Waals surface area contributed by atoms with E-state index in [1.807, 2.05) is 17.1 Å². The summed E-state index contributed by atoms with van der Waals surface area (Å²) < 4.78 is 1.59. The summed E-state index contributed by atoms with van der Waals surface area (Å²) in [5.41, 5.74) is 4.16. The third kappa shape index (κ3) is 4.67. The lowest BCUT2D eigenvalue weighted by molar-refractivity contribution is -0.119. The van der Waals surface area contributed by atoms with Gasteiger partial charge in [-0.25, -0.2) is 5.01 Å². The molecule has 1 aromatic carbocycles. The van der Waals surface area contributed by atoms with Crippen LogP contribution in [-0.4, -0.2) is 37.6 Å². The Labute approximate surface area is 193 Å². The van der Waals surface area contributed by atoms with E-state index in [2.05, 4.69) is 26.5 Å². The molecule has 2 aliphatic heterocycles. The van der Waals surface area contributed by atoms with Gasteiger partial charge in [-0.1, -0.05) is 29.6 Å². The maximum absolute atomic E-state index is 12.9. The molecule has 1 unspecified atom stereocenters. The molecule has 2 radical (unpaired) electrons. The summed E-state index contributed by atoms with van der Waals surface area (Å²) in [6.45, 7) is 1.73. The Morgan fingerprint density at radius 3 is 2.66 bits per heavy atom. The summed E-state index contributed by atoms with van der Waals surface area (Å²) in [6, 6.07) is 6.94. The first-order valence-electron chi connectivity index (χ1n) is 9.35. The van der Waals surface area contributed by atoms with Gasteiger partial charge in [-0.05, 0) is 57.8 Å². The van der Waals surface area contributed by atoms with E-state index in [0.29, 0.717) is 32.6 Å². The lowest BCUT2D eigenvalue weighted by Gasteiger charge is -2.26. The van der Waals surface area contributed by atoms with Gasteiger partial charge in [0.05, 0.1) is 16.8 Å². The number of thiophene rings is 1. The van der Waals surface area contributed by atoms with Crippen molar-refractivity contribution in [3.8, 4) is 0 Å². The minimum absolute atomic E-state index is 0.176. The molecule has 1 atom stereocenters. The van der Waals surface area contributed by atoms with Gasteiger partial charge in [0.1, 0.15) is 13.6 Å². The highest BCUT2D eigenvalue weighted by Gasteiger charge is 2.36. The number of nitrogens with zero attached hydrogens (tertiary/aromatic N) is 3. The van der Waals surface area contributed by atoms with E-state index in [1.165, 1.54) is 17.8 Å². The molecule has 0 saturated carbocycles. The minimum atomic E-state index is -0.188. The van der Waals surface area contributed by atoms with Crippen LogP contribution in [0.3, 0.4) is 0 Å². The number of anilines is 1. The molecule has 2 aromatic rings. The summed E-state index contributed by atoms with van der Waals surface area (Å²) in [5.74, 6) is -0.176. The highest BCUT2D eigenvalue weighted by molar-refractivity contribution is 9.10. The highest BCUT2D eigenvalue weighted by atomic mass is 79.9. The van der Waals surface area contributed by atoms with Gasteiger partial charge in [-0.3, -0.25) is 15.2 Å². The number of benzene rings is 1. The molecule has 0 aliphatic carbocycles. The summed E-state index contributed by atoms with van der Waals surface area (Å²) >= 11 is 17.6. The predicted molar refractivity (Wildman–Crippen MR) is 125 cm³/mol. The fraction of sp³-hybridized carbons (Fsp3) is 0.368. The van der Waals surface area contributed by atoms with Gasteiger partial charge in [-0.15, -0.1) is 0 Å². The lowest BCUT2D eigenvalue weighted by Crippen LogP contribution is -2.47. The number of hydrazine groups is 1. The number of piperidine rings is 1. The van der Waals surface area contributed by atoms with Crippen LogP contribution in [0, 0.1) is 0 Å². The Morgan fingerprint density at radius 1 is 1.24 bits per heavy atom. The molecule has 5 nitrogen and oxygen atoms in total. The van der Waals surface area contributed by atoms with E-state index in [0.717, 1.165) is 35.3 Å². The lowest BCUT2D eigenvalue weighted by atomic mass is 10.1. The zero-order chi connectivity index (χ0) is 20.5. The van der Waals surface area contributed by atoms with E-state index in [4.69, 9.17) is 31.0 Å². The van der Waals surface area contributed by atoms with E-state index >= 15 is 0 Å². The van der Waals surface area contributed by atoms with Crippen molar-refractivity contribution >= 4 is 80.4 Å². The molecule has 1 amide bonds. The second kappa shape index (κ2) is 8.98. The quantitative estimate of drug-likeness (QED) is 0.618. The van der Waals surface area contributed by atoms with Gasteiger partial charge in [-0.2, -0.15) is 16.4 Å². The predicted octanol–water partition coefficient (Wildman–Crippen LogP) is 4.44. The van der Waals surface area contributed by atoms with Crippen LogP contribution in [0.2, 0.25) is 10.0 Å². The van der Waals surface area contributed by atoms with Crippen molar-refractivity contribution in [3.05, 3.63) is 43.7 Å². The molecule has 3 heterocycles. The molecule has 1 N–H and O–H groups in total. The summed E-state index contributed by atoms with van der Waals surface area (Å²) in [5, 5.41) is 9.44. The Morgan fingerprint density at radius 2 is 2.00 bits per heavy atom. The van der Waals surface area contributed by atoms with Crippen LogP contribution < -0.4 is 15.2 Å². The third-order valence-corrected chi connectivity index (χ3v) is 7.50. The Balaban J connectivity index is 1.64. The van der Waals surface area contributed by atoms with Crippen molar-refractivity contribution in [3.63, 3.8) is 0 Å². The number of hydrogen-bond acceptors (Lipinski definition) is 5. The molecule has 1 aromatic heterocycles. The number of nitrogens with one attached hydrogen (secondary N) is 1. The average Bonchev–Trinajstić information content (AvgIpc) is 3.25. The number of carbonyl (C=O) groups excluding carboxylic acids is 1. The van der Waals surface area contributed by atoms with E-state index in [1.54, 1.807) is 17.1 Å². The van der Waals surface area contributed by atoms with Gasteiger partial charge in [0.2, 0.25) is 0 Å². The smallest absolute Gasteiger partial charge is 0.281 e. The van der Waals surface area contributed by atoms with Gasteiger partial charge in [0, 0.05) is 33.9 Å². The molecule has 4 rings (SSSR count). The van der Waals surface area contributed by atoms with Crippen molar-refractivity contribution in [2.45, 2.75) is 31.7 Å². The van der Waals surface area contributed by atoms with E-state index in [-0.39, 0.29) is 11.9 Å². The van der Waals surface area contributed by atoms with Crippen molar-refractivity contribution in [2.75, 3.05) is 18.1 Å². The monoisotopic (exact) mass is 510 g/mol. The fourth-order valence-electron chi connectivity index (χ4n) is 3.58. The number of hydrazone groups is 1. The van der Waals surface area contributed by atoms with Crippen LogP contribution >= 0.6 is 50.5 Å². The van der Waals surface area contributed by atoms with Crippen molar-refractivity contribution < 1.29 is 4.79 Å². The molecular formula is C19H18BBrCl2N4OS. The molecule has 0 bridgehead atoms. The van der Waals surface area contributed by atoms with Crippen LogP contribution in [0.1, 0.15) is 36.6 Å². The van der Waals surface area contributed by atoms with Crippen molar-refractivity contribution in [1.82, 2.24) is 10.4 Å². The van der Waals surface area contributed by atoms with E-state index in [9.17, 15) is 4.79 Å². The van der Waals surface area contributed by atoms with Gasteiger partial charge >= 0.3 is 0 Å². The molecule has 29 heavy (non-hydrogen) atoms. The Bertz CT molecular complexity index is 964. The van der Waals surface area contributed by atoms with Crippen LogP contribution in [-0.2, 0) is 4.79 Å². The number of carbonyl (C=O) groups is 1. The maximum atomic E-state index is 12.9. The van der Waals surface area contributed by atoms with Crippen molar-refractivity contribution in [2.24, 2.45) is 5.10 Å². The first-order valence-corrected chi connectivity index (χ1v) is 11.7. The second-order valence-electron chi connectivity index (χ2n) is 7.06. The summed E-state index contributed by atoms with van der Waals surface area (Å²) in [4.78, 5) is 13.9. The van der Waals surface area contributed by atoms with Crippen LogP contribution in [0.5, 0.6) is 0 Å². The molecule has 1 fully saturated rings. The SMILES string of the molecule is [B]c1cc(Br)c(C2CC(C(=O)NN3CCCCC3)=NN2c2ccc(Cl)cc2Cl)s1. The Kier molecular flexibility index (Phi) is 6.56. The van der Waals surface area contributed by atoms with Crippen LogP contribution in [0.4, 0.5) is 5.69 Å². The Hall–Kier alpha value is -1.06. The first kappa shape index (κ1) is 21.2. The second-order valence-corrected chi connectivity index (χ2v) is 9.87. The topological polar surface area (TPSA) is 47.9 Å². The van der Waals surface area contributed by atoms with Gasteiger partial charge < -0.3 is 0 Å². The van der Waals surface area contributed by atoms with Crippen LogP contribution in [0.25, 0.3) is 0 Å². The fourth-order valence-corrected chi connectivity index (χ4v) is 5.89. The van der Waals surface area contributed by atoms with Gasteiger partial charge in [0.15, 0.2) is 0 Å². The molecule has 2 aliphatic rings. The molecule has 150 valence electrons. The molecule has 0 spiro atoms. The standard InChI is InChI=1S/C19H18BBrCl2N4OS/c20-17-9-12(21)18(29-17)16-10-14(19(28)25-26-6-2-1-3-7-26)24-27(16)15-5-4-11(22)8-13(15)23/h4-5,8-9,16H,1-3,6-7,10H2,(H,25,28). The number of hydrogen-bond donors (Lipinski definition) is 1. The zero-order valence-corrected chi connectivity index (χ0v) is 19.4. The van der Waals surface area contributed by atoms with E-state index < -0.39 is 0 Å². The number of amides is 1. The molecule has 1 saturated heterocycles. The number of halogens is 3. The molecular weight excluding hydrogens is 494 g/mol. The first-order chi connectivity index (χ1) is 13.9. The largest absolute Gasteiger partial charge is 0.284 e. The summed E-state index contributed by atoms with van der Waals surface area (Å²) in [7, 11) is 6.00. The van der Waals surface area contributed by atoms with Gasteiger partial charge in [0.25, 0.3) is 5.91 Å². The maximum Gasteiger partial charge on any atom is 0.281 e. The normalized spacial score (nSPS) is 20.0. The minimum Gasteiger partial charge on any atom is -0.284 e. The van der Waals surface area contributed by atoms with Crippen molar-refractivity contribution in [1.29, 1.82) is 0 Å². The average molecular weight is 512 g/mol. The molecule has 10 heteroatoms. The summed E-state index contributed by atoms with van der Waals surface area (Å²) in [6.07, 6.45) is 3.83. The number of rotatable bonds is 4.